The van der Waals surface area contributed by atoms with Crippen LogP contribution in [0.5, 0.6) is 5.75 Å². The molecule has 5 heteroatoms. The SMILES string of the molecule is CCOc1ccc(NC(=S)NC[C@H](c2ccccc2)[NH+]2CCCC2)cc1. The van der Waals surface area contributed by atoms with Crippen LogP contribution in [0.25, 0.3) is 0 Å². The smallest absolute Gasteiger partial charge is 0.171 e. The Bertz CT molecular complexity index is 684. The van der Waals surface area contributed by atoms with Crippen LogP contribution in [0.1, 0.15) is 31.4 Å². The molecule has 1 saturated heterocycles. The molecule has 1 atom stereocenters. The van der Waals surface area contributed by atoms with Crippen LogP contribution in [0.3, 0.4) is 0 Å². The average molecular weight is 371 g/mol. The van der Waals surface area contributed by atoms with E-state index in [-0.39, 0.29) is 0 Å². The fourth-order valence-electron chi connectivity index (χ4n) is 3.53. The second-order valence-electron chi connectivity index (χ2n) is 6.62. The molecule has 138 valence electrons. The highest BCUT2D eigenvalue weighted by Gasteiger charge is 2.27. The van der Waals surface area contributed by atoms with Crippen LogP contribution < -0.4 is 20.3 Å². The second kappa shape index (κ2) is 9.55. The molecule has 26 heavy (non-hydrogen) atoms. The normalized spacial score (nSPS) is 15.4. The van der Waals surface area contributed by atoms with Crippen molar-refractivity contribution < 1.29 is 9.64 Å². The molecule has 1 aliphatic rings. The molecule has 0 amide bonds. The lowest BCUT2D eigenvalue weighted by molar-refractivity contribution is -0.918. The molecule has 1 aliphatic heterocycles. The van der Waals surface area contributed by atoms with Crippen molar-refractivity contribution in [3.63, 3.8) is 0 Å². The number of quaternary nitrogens is 1. The number of thiocarbonyl (C=S) groups is 1. The first-order chi connectivity index (χ1) is 12.8. The third kappa shape index (κ3) is 5.19. The lowest BCUT2D eigenvalue weighted by atomic mass is 10.1. The highest BCUT2D eigenvalue weighted by molar-refractivity contribution is 7.80. The first kappa shape index (κ1) is 18.7. The summed E-state index contributed by atoms with van der Waals surface area (Å²) < 4.78 is 5.47. The van der Waals surface area contributed by atoms with Crippen LogP contribution in [0.4, 0.5) is 5.69 Å². The van der Waals surface area contributed by atoms with Crippen molar-refractivity contribution in [3.8, 4) is 5.75 Å². The van der Waals surface area contributed by atoms with Gasteiger partial charge in [0.25, 0.3) is 0 Å². The van der Waals surface area contributed by atoms with Crippen LogP contribution in [-0.4, -0.2) is 31.4 Å². The molecule has 3 N–H and O–H groups in total. The minimum Gasteiger partial charge on any atom is -0.494 e. The molecule has 0 aliphatic carbocycles. The van der Waals surface area contributed by atoms with Crippen LogP contribution in [0.2, 0.25) is 0 Å². The third-order valence-corrected chi connectivity index (χ3v) is 5.08. The van der Waals surface area contributed by atoms with Gasteiger partial charge in [-0.15, -0.1) is 0 Å². The molecule has 0 unspecified atom stereocenters. The summed E-state index contributed by atoms with van der Waals surface area (Å²) in [7, 11) is 0. The van der Waals surface area contributed by atoms with Crippen molar-refractivity contribution in [2.24, 2.45) is 0 Å². The summed E-state index contributed by atoms with van der Waals surface area (Å²) >= 11 is 5.50. The summed E-state index contributed by atoms with van der Waals surface area (Å²) in [6.07, 6.45) is 2.63. The van der Waals surface area contributed by atoms with E-state index in [0.717, 1.165) is 18.0 Å². The van der Waals surface area contributed by atoms with Gasteiger partial charge in [-0.25, -0.2) is 0 Å². The molecule has 1 heterocycles. The fraction of sp³-hybridized carbons (Fsp3) is 0.381. The van der Waals surface area contributed by atoms with Crippen molar-refractivity contribution in [2.45, 2.75) is 25.8 Å². The molecule has 0 bridgehead atoms. The van der Waals surface area contributed by atoms with Crippen LogP contribution >= 0.6 is 12.2 Å². The lowest BCUT2D eigenvalue weighted by Gasteiger charge is -2.26. The first-order valence-electron chi connectivity index (χ1n) is 9.43. The van der Waals surface area contributed by atoms with E-state index in [0.29, 0.717) is 17.8 Å². The predicted molar refractivity (Wildman–Crippen MR) is 111 cm³/mol. The number of hydrogen-bond donors (Lipinski definition) is 3. The van der Waals surface area contributed by atoms with E-state index in [4.69, 9.17) is 17.0 Å². The number of benzene rings is 2. The summed E-state index contributed by atoms with van der Waals surface area (Å²) in [6, 6.07) is 19.1. The zero-order chi connectivity index (χ0) is 18.2. The van der Waals surface area contributed by atoms with Gasteiger partial charge in [0, 0.05) is 24.1 Å². The van der Waals surface area contributed by atoms with Crippen LogP contribution in [0.15, 0.2) is 54.6 Å². The van der Waals surface area contributed by atoms with E-state index < -0.39 is 0 Å². The molecule has 2 aromatic carbocycles. The molecule has 0 spiro atoms. The maximum atomic E-state index is 5.50. The molecule has 2 aromatic rings. The van der Waals surface area contributed by atoms with E-state index >= 15 is 0 Å². The van der Waals surface area contributed by atoms with E-state index in [1.54, 1.807) is 4.90 Å². The van der Waals surface area contributed by atoms with Gasteiger partial charge in [0.05, 0.1) is 26.2 Å². The molecule has 0 radical (unpaired) electrons. The Morgan fingerprint density at radius 1 is 1.08 bits per heavy atom. The number of ether oxygens (including phenoxy) is 1. The number of rotatable bonds is 7. The highest BCUT2D eigenvalue weighted by atomic mass is 32.1. The first-order valence-corrected chi connectivity index (χ1v) is 9.84. The highest BCUT2D eigenvalue weighted by Crippen LogP contribution is 2.15. The van der Waals surface area contributed by atoms with Crippen molar-refractivity contribution in [3.05, 3.63) is 60.2 Å². The standard InChI is InChI=1S/C21H27N3OS/c1-2-25-19-12-10-18(11-13-19)23-21(26)22-16-20(24-14-6-7-15-24)17-8-4-3-5-9-17/h3-5,8-13,20H,2,6-7,14-16H2,1H3,(H2,22,23,26)/p+1/t20-/m1/s1. The van der Waals surface area contributed by atoms with Gasteiger partial charge in [-0.2, -0.15) is 0 Å². The predicted octanol–water partition coefficient (Wildman–Crippen LogP) is 2.79. The summed E-state index contributed by atoms with van der Waals surface area (Å²) in [5.74, 6) is 0.874. The zero-order valence-corrected chi connectivity index (χ0v) is 16.1. The topological polar surface area (TPSA) is 37.7 Å². The van der Waals surface area contributed by atoms with Gasteiger partial charge in [-0.3, -0.25) is 0 Å². The molecular weight excluding hydrogens is 342 g/mol. The Balaban J connectivity index is 1.57. The van der Waals surface area contributed by atoms with Crippen molar-refractivity contribution in [2.75, 3.05) is 31.6 Å². The van der Waals surface area contributed by atoms with Gasteiger partial charge in [0.1, 0.15) is 11.8 Å². The summed E-state index contributed by atoms with van der Waals surface area (Å²) in [6.45, 7) is 5.96. The maximum Gasteiger partial charge on any atom is 0.171 e. The minimum absolute atomic E-state index is 0.429. The van der Waals surface area contributed by atoms with Crippen LogP contribution in [-0.2, 0) is 0 Å². The molecule has 0 saturated carbocycles. The Morgan fingerprint density at radius 3 is 2.42 bits per heavy atom. The maximum absolute atomic E-state index is 5.50. The second-order valence-corrected chi connectivity index (χ2v) is 7.03. The van der Waals surface area contributed by atoms with Gasteiger partial charge in [-0.05, 0) is 43.4 Å². The quantitative estimate of drug-likeness (QED) is 0.655. The van der Waals surface area contributed by atoms with E-state index in [1.807, 2.05) is 31.2 Å². The van der Waals surface area contributed by atoms with E-state index in [1.165, 1.54) is 31.5 Å². The molecule has 4 nitrogen and oxygen atoms in total. The number of likely N-dealkylation sites (tertiary alicyclic amines) is 1. The van der Waals surface area contributed by atoms with Gasteiger partial charge >= 0.3 is 0 Å². The number of nitrogens with one attached hydrogen (secondary N) is 3. The van der Waals surface area contributed by atoms with Gasteiger partial charge in [0.15, 0.2) is 5.11 Å². The number of anilines is 1. The Kier molecular flexibility index (Phi) is 6.86. The average Bonchev–Trinajstić information content (AvgIpc) is 3.19. The van der Waals surface area contributed by atoms with Gasteiger partial charge in [-0.1, -0.05) is 30.3 Å². The largest absolute Gasteiger partial charge is 0.494 e. The molecule has 0 aromatic heterocycles. The lowest BCUT2D eigenvalue weighted by Crippen LogP contribution is -3.11. The van der Waals surface area contributed by atoms with Gasteiger partial charge in [0.2, 0.25) is 0 Å². The number of hydrogen-bond acceptors (Lipinski definition) is 2. The monoisotopic (exact) mass is 370 g/mol. The molecular formula is C21H28N3OS+. The van der Waals surface area contributed by atoms with E-state index in [2.05, 4.69) is 41.0 Å². The Labute approximate surface area is 161 Å². The Morgan fingerprint density at radius 2 is 1.77 bits per heavy atom. The molecule has 1 fully saturated rings. The third-order valence-electron chi connectivity index (χ3n) is 4.83. The van der Waals surface area contributed by atoms with Crippen molar-refractivity contribution in [1.29, 1.82) is 0 Å². The van der Waals surface area contributed by atoms with Crippen molar-refractivity contribution in [1.82, 2.24) is 5.32 Å². The Hall–Kier alpha value is -2.11. The summed E-state index contributed by atoms with van der Waals surface area (Å²) in [5.41, 5.74) is 2.34. The van der Waals surface area contributed by atoms with E-state index in [9.17, 15) is 0 Å². The minimum atomic E-state index is 0.429. The van der Waals surface area contributed by atoms with Crippen LogP contribution in [0, 0.1) is 0 Å². The van der Waals surface area contributed by atoms with Gasteiger partial charge < -0.3 is 20.3 Å². The van der Waals surface area contributed by atoms with Crippen molar-refractivity contribution >= 4 is 23.0 Å². The zero-order valence-electron chi connectivity index (χ0n) is 15.3. The molecule has 3 rings (SSSR count). The fourth-order valence-corrected chi connectivity index (χ4v) is 3.73. The summed E-state index contributed by atoms with van der Waals surface area (Å²) in [4.78, 5) is 1.65. The summed E-state index contributed by atoms with van der Waals surface area (Å²) in [5, 5.41) is 7.34.